The van der Waals surface area contributed by atoms with Crippen molar-refractivity contribution in [3.05, 3.63) is 35.5 Å². The van der Waals surface area contributed by atoms with Gasteiger partial charge in [-0.1, -0.05) is 23.5 Å². The van der Waals surface area contributed by atoms with Crippen LogP contribution in [0, 0.1) is 5.92 Å². The molecule has 0 radical (unpaired) electrons. The van der Waals surface area contributed by atoms with Gasteiger partial charge < -0.3 is 15.5 Å². The minimum atomic E-state index is -4.45. The third-order valence-electron chi connectivity index (χ3n) is 5.87. The number of rotatable bonds is 4. The molecule has 4 rings (SSSR count). The van der Waals surface area contributed by atoms with Crippen molar-refractivity contribution in [3.8, 4) is 10.4 Å². The highest BCUT2D eigenvalue weighted by Gasteiger charge is 2.48. The number of thiazole rings is 1. The van der Waals surface area contributed by atoms with Crippen LogP contribution in [-0.2, 0) is 6.18 Å². The van der Waals surface area contributed by atoms with E-state index in [9.17, 15) is 18.0 Å². The molecule has 1 aromatic carbocycles. The van der Waals surface area contributed by atoms with Crippen LogP contribution in [0.15, 0.2) is 24.3 Å². The molecule has 156 valence electrons. The summed E-state index contributed by atoms with van der Waals surface area (Å²) >= 11 is 1.22. The van der Waals surface area contributed by atoms with Gasteiger partial charge in [-0.2, -0.15) is 13.2 Å². The molecule has 2 aliphatic rings. The fraction of sp³-hybridized carbons (Fsp3) is 0.500. The van der Waals surface area contributed by atoms with Gasteiger partial charge >= 0.3 is 6.18 Å². The maximum absolute atomic E-state index is 13.5. The van der Waals surface area contributed by atoms with Crippen LogP contribution in [0.1, 0.15) is 35.3 Å². The van der Waals surface area contributed by atoms with Gasteiger partial charge in [0, 0.05) is 32.7 Å². The second-order valence-corrected chi connectivity index (χ2v) is 8.87. The Labute approximate surface area is 171 Å². The minimum Gasteiger partial charge on any atom is -0.354 e. The molecule has 2 fully saturated rings. The van der Waals surface area contributed by atoms with E-state index in [1.54, 1.807) is 25.1 Å². The number of benzene rings is 1. The standard InChI is InChI=1S/C20H23F3N4OS/c1-26(2)19-25-16(18(28)27-14-7-6-11(9-14)15(27)10-24)17(29-19)12-4-3-5-13(8-12)20(21,22)23/h3-5,8,11,14-15H,6-7,9-10,24H2,1-2H3/t11-,14+,15+/m1/s1. The molecule has 5 nitrogen and oxygen atoms in total. The average Bonchev–Trinajstić information content (AvgIpc) is 3.40. The first-order chi connectivity index (χ1) is 13.7. The number of anilines is 1. The smallest absolute Gasteiger partial charge is 0.354 e. The molecule has 1 saturated heterocycles. The number of carbonyl (C=O) groups excluding carboxylic acids is 1. The molecular formula is C20H23F3N4OS. The SMILES string of the molecule is CN(C)c1nc(C(=O)N2[C@H]3CC[C@H](C3)[C@@H]2CN)c(-c2cccc(C(F)(F)F)c2)s1. The van der Waals surface area contributed by atoms with Crippen molar-refractivity contribution >= 4 is 22.4 Å². The first-order valence-corrected chi connectivity index (χ1v) is 10.4. The number of halogens is 3. The van der Waals surface area contributed by atoms with E-state index in [1.807, 2.05) is 4.90 Å². The monoisotopic (exact) mass is 424 g/mol. The molecule has 2 heterocycles. The summed E-state index contributed by atoms with van der Waals surface area (Å²) in [5.41, 5.74) is 5.77. The highest BCUT2D eigenvalue weighted by molar-refractivity contribution is 7.19. The lowest BCUT2D eigenvalue weighted by Gasteiger charge is -2.34. The predicted molar refractivity (Wildman–Crippen MR) is 107 cm³/mol. The number of nitrogens with zero attached hydrogens (tertiary/aromatic N) is 3. The van der Waals surface area contributed by atoms with Crippen LogP contribution in [0.3, 0.4) is 0 Å². The molecule has 1 amide bonds. The number of likely N-dealkylation sites (tertiary alicyclic amines) is 1. The number of hydrogen-bond donors (Lipinski definition) is 1. The molecule has 29 heavy (non-hydrogen) atoms. The van der Waals surface area contributed by atoms with Crippen molar-refractivity contribution in [2.45, 2.75) is 37.5 Å². The number of aromatic nitrogens is 1. The van der Waals surface area contributed by atoms with Crippen molar-refractivity contribution in [2.24, 2.45) is 11.7 Å². The maximum atomic E-state index is 13.5. The number of nitrogens with two attached hydrogens (primary N) is 1. The van der Waals surface area contributed by atoms with Gasteiger partial charge in [-0.3, -0.25) is 4.79 Å². The number of amides is 1. The molecule has 2 aromatic rings. The van der Waals surface area contributed by atoms with E-state index in [2.05, 4.69) is 4.98 Å². The first kappa shape index (κ1) is 20.2. The van der Waals surface area contributed by atoms with Crippen molar-refractivity contribution < 1.29 is 18.0 Å². The number of carbonyl (C=O) groups is 1. The Morgan fingerprint density at radius 3 is 2.76 bits per heavy atom. The summed E-state index contributed by atoms with van der Waals surface area (Å²) in [6, 6.07) is 5.18. The largest absolute Gasteiger partial charge is 0.416 e. The van der Waals surface area contributed by atoms with Crippen LogP contribution in [0.2, 0.25) is 0 Å². The molecule has 2 N–H and O–H groups in total. The summed E-state index contributed by atoms with van der Waals surface area (Å²) < 4.78 is 39.6. The van der Waals surface area contributed by atoms with Gasteiger partial charge in [0.2, 0.25) is 0 Å². The first-order valence-electron chi connectivity index (χ1n) is 9.59. The van der Waals surface area contributed by atoms with Gasteiger partial charge in [0.1, 0.15) is 5.69 Å². The van der Waals surface area contributed by atoms with Gasteiger partial charge in [-0.05, 0) is 42.9 Å². The van der Waals surface area contributed by atoms with Crippen LogP contribution in [0.25, 0.3) is 10.4 Å². The van der Waals surface area contributed by atoms with Crippen LogP contribution in [-0.4, -0.2) is 48.5 Å². The molecule has 1 saturated carbocycles. The zero-order valence-corrected chi connectivity index (χ0v) is 17.1. The second-order valence-electron chi connectivity index (χ2n) is 7.89. The minimum absolute atomic E-state index is 0.0277. The summed E-state index contributed by atoms with van der Waals surface area (Å²) in [5.74, 6) is 0.169. The second kappa shape index (κ2) is 7.28. The van der Waals surface area contributed by atoms with Gasteiger partial charge in [0.25, 0.3) is 5.91 Å². The van der Waals surface area contributed by atoms with E-state index < -0.39 is 11.7 Å². The van der Waals surface area contributed by atoms with Crippen molar-refractivity contribution in [1.29, 1.82) is 0 Å². The normalized spacial score (nSPS) is 23.7. The molecule has 1 aromatic heterocycles. The number of hydrogen-bond acceptors (Lipinski definition) is 5. The van der Waals surface area contributed by atoms with E-state index in [1.165, 1.54) is 17.4 Å². The summed E-state index contributed by atoms with van der Waals surface area (Å²) in [6.07, 6.45) is -1.50. The van der Waals surface area contributed by atoms with Crippen LogP contribution >= 0.6 is 11.3 Å². The molecule has 2 bridgehead atoms. The molecular weight excluding hydrogens is 401 g/mol. The zero-order valence-electron chi connectivity index (χ0n) is 16.2. The quantitative estimate of drug-likeness (QED) is 0.810. The van der Waals surface area contributed by atoms with E-state index >= 15 is 0 Å². The predicted octanol–water partition coefficient (Wildman–Crippen LogP) is 3.85. The third-order valence-corrected chi connectivity index (χ3v) is 7.14. The lowest BCUT2D eigenvalue weighted by molar-refractivity contribution is -0.137. The van der Waals surface area contributed by atoms with Gasteiger partial charge in [0.15, 0.2) is 5.13 Å². The fourth-order valence-corrected chi connectivity index (χ4v) is 5.49. The van der Waals surface area contributed by atoms with Crippen LogP contribution in [0.4, 0.5) is 18.3 Å². The summed E-state index contributed by atoms with van der Waals surface area (Å²) in [7, 11) is 3.59. The number of piperidine rings is 1. The number of alkyl halides is 3. The van der Waals surface area contributed by atoms with E-state index in [-0.39, 0.29) is 23.7 Å². The summed E-state index contributed by atoms with van der Waals surface area (Å²) in [6.45, 7) is 0.385. The van der Waals surface area contributed by atoms with Gasteiger partial charge in [0.05, 0.1) is 10.4 Å². The Bertz CT molecular complexity index is 927. The number of fused-ring (bicyclic) bond motifs is 2. The van der Waals surface area contributed by atoms with E-state index in [4.69, 9.17) is 5.73 Å². The van der Waals surface area contributed by atoms with Crippen molar-refractivity contribution in [2.75, 3.05) is 25.5 Å². The van der Waals surface area contributed by atoms with E-state index in [0.29, 0.717) is 28.0 Å². The van der Waals surface area contributed by atoms with Gasteiger partial charge in [-0.15, -0.1) is 0 Å². The third kappa shape index (κ3) is 3.50. The van der Waals surface area contributed by atoms with Crippen LogP contribution < -0.4 is 10.6 Å². The molecule has 1 aliphatic heterocycles. The molecule has 1 aliphatic carbocycles. The average molecular weight is 424 g/mol. The molecule has 0 spiro atoms. The van der Waals surface area contributed by atoms with Crippen LogP contribution in [0.5, 0.6) is 0 Å². The Morgan fingerprint density at radius 2 is 2.10 bits per heavy atom. The maximum Gasteiger partial charge on any atom is 0.416 e. The van der Waals surface area contributed by atoms with Crippen molar-refractivity contribution in [3.63, 3.8) is 0 Å². The lowest BCUT2D eigenvalue weighted by atomic mass is 9.98. The van der Waals surface area contributed by atoms with E-state index in [0.717, 1.165) is 31.4 Å². The Hall–Kier alpha value is -2.13. The Morgan fingerprint density at radius 1 is 1.34 bits per heavy atom. The lowest BCUT2D eigenvalue weighted by Crippen LogP contribution is -2.48. The topological polar surface area (TPSA) is 62.5 Å². The molecule has 3 atom stereocenters. The molecule has 9 heteroatoms. The summed E-state index contributed by atoms with van der Waals surface area (Å²) in [4.78, 5) is 22.1. The highest BCUT2D eigenvalue weighted by Crippen LogP contribution is 2.44. The Balaban J connectivity index is 1.78. The Kier molecular flexibility index (Phi) is 5.06. The van der Waals surface area contributed by atoms with Crippen molar-refractivity contribution in [1.82, 2.24) is 9.88 Å². The highest BCUT2D eigenvalue weighted by atomic mass is 32.1. The summed E-state index contributed by atoms with van der Waals surface area (Å²) in [5, 5.41) is 0.578. The van der Waals surface area contributed by atoms with Gasteiger partial charge in [-0.25, -0.2) is 4.98 Å². The fourth-order valence-electron chi connectivity index (χ4n) is 4.51. The zero-order chi connectivity index (χ0) is 20.9. The molecule has 0 unspecified atom stereocenters.